The third-order valence-corrected chi connectivity index (χ3v) is 4.66. The zero-order valence-electron chi connectivity index (χ0n) is 12.3. The van der Waals surface area contributed by atoms with E-state index in [0.717, 1.165) is 18.5 Å². The van der Waals surface area contributed by atoms with E-state index in [-0.39, 0.29) is 5.91 Å². The second-order valence-corrected chi connectivity index (χ2v) is 7.05. The van der Waals surface area contributed by atoms with Crippen LogP contribution in [-0.2, 0) is 16.4 Å². The molecule has 0 saturated carbocycles. The van der Waals surface area contributed by atoms with Crippen LogP contribution in [0.2, 0.25) is 0 Å². The first kappa shape index (κ1) is 15.8. The third-order valence-electron chi connectivity index (χ3n) is 3.48. The molecule has 1 aromatic rings. The van der Waals surface area contributed by atoms with Gasteiger partial charge in [0, 0.05) is 18.7 Å². The number of amides is 1. The van der Waals surface area contributed by atoms with Gasteiger partial charge in [-0.2, -0.15) is 0 Å². The number of nitrogens with zero attached hydrogens (tertiary/aromatic N) is 1. The molecule has 21 heavy (non-hydrogen) atoms. The number of anilines is 1. The number of nitrogens with one attached hydrogen (secondary N) is 2. The summed E-state index contributed by atoms with van der Waals surface area (Å²) in [7, 11) is -1.37. The van der Waals surface area contributed by atoms with Crippen molar-refractivity contribution >= 4 is 21.6 Å². The Morgan fingerprint density at radius 2 is 2.10 bits per heavy atom. The highest BCUT2D eigenvalue weighted by atomic mass is 32.2. The predicted molar refractivity (Wildman–Crippen MR) is 83.2 cm³/mol. The minimum atomic E-state index is -3.24. The van der Waals surface area contributed by atoms with E-state index >= 15 is 0 Å². The first-order valence-electron chi connectivity index (χ1n) is 6.97. The standard InChI is InChI=1S/C14H21N3O3S/c1-15-7-3-8-16-14(18)12-4-5-13-11(10-12)6-9-17(13)21(2,19)20/h4-5,10,15H,3,6-9H2,1-2H3,(H,16,18). The lowest BCUT2D eigenvalue weighted by atomic mass is 10.1. The molecule has 116 valence electrons. The summed E-state index contributed by atoms with van der Waals surface area (Å²) < 4.78 is 24.7. The number of benzene rings is 1. The summed E-state index contributed by atoms with van der Waals surface area (Å²) in [5.74, 6) is -0.119. The van der Waals surface area contributed by atoms with Crippen LogP contribution in [0.4, 0.5) is 5.69 Å². The van der Waals surface area contributed by atoms with E-state index in [1.807, 2.05) is 7.05 Å². The molecule has 0 spiro atoms. The van der Waals surface area contributed by atoms with Gasteiger partial charge in [0.25, 0.3) is 5.91 Å². The number of rotatable bonds is 6. The highest BCUT2D eigenvalue weighted by Gasteiger charge is 2.26. The summed E-state index contributed by atoms with van der Waals surface area (Å²) in [4.78, 5) is 12.0. The maximum atomic E-state index is 12.0. The molecule has 2 N–H and O–H groups in total. The van der Waals surface area contributed by atoms with E-state index in [9.17, 15) is 13.2 Å². The van der Waals surface area contributed by atoms with Crippen LogP contribution in [0.1, 0.15) is 22.3 Å². The molecule has 6 nitrogen and oxygen atoms in total. The van der Waals surface area contributed by atoms with Crippen LogP contribution in [0.25, 0.3) is 0 Å². The van der Waals surface area contributed by atoms with Gasteiger partial charge in [0.2, 0.25) is 10.0 Å². The second-order valence-electron chi connectivity index (χ2n) is 5.14. The molecule has 7 heteroatoms. The van der Waals surface area contributed by atoms with Crippen molar-refractivity contribution in [3.8, 4) is 0 Å². The molecule has 1 aliphatic heterocycles. The number of sulfonamides is 1. The van der Waals surface area contributed by atoms with Gasteiger partial charge in [-0.1, -0.05) is 0 Å². The summed E-state index contributed by atoms with van der Waals surface area (Å²) in [6.07, 6.45) is 2.71. The first-order chi connectivity index (χ1) is 9.93. The number of carbonyl (C=O) groups excluding carboxylic acids is 1. The van der Waals surface area contributed by atoms with Crippen LogP contribution in [-0.4, -0.2) is 47.3 Å². The van der Waals surface area contributed by atoms with Crippen molar-refractivity contribution in [1.82, 2.24) is 10.6 Å². The summed E-state index contributed by atoms with van der Waals surface area (Å²) in [6.45, 7) is 1.92. The molecule has 2 rings (SSSR count). The van der Waals surface area contributed by atoms with Crippen LogP contribution < -0.4 is 14.9 Å². The molecule has 0 saturated heterocycles. The van der Waals surface area contributed by atoms with Gasteiger partial charge in [-0.25, -0.2) is 8.42 Å². The van der Waals surface area contributed by atoms with Gasteiger partial charge >= 0.3 is 0 Å². The number of hydrogen-bond acceptors (Lipinski definition) is 4. The maximum absolute atomic E-state index is 12.0. The Morgan fingerprint density at radius 1 is 1.33 bits per heavy atom. The molecule has 0 fully saturated rings. The average Bonchev–Trinajstić information content (AvgIpc) is 2.86. The average molecular weight is 311 g/mol. The molecular weight excluding hydrogens is 290 g/mol. The topological polar surface area (TPSA) is 78.5 Å². The van der Waals surface area contributed by atoms with E-state index in [2.05, 4.69) is 10.6 Å². The smallest absolute Gasteiger partial charge is 0.251 e. The van der Waals surface area contributed by atoms with Crippen molar-refractivity contribution in [2.75, 3.05) is 37.2 Å². The van der Waals surface area contributed by atoms with E-state index in [4.69, 9.17) is 0 Å². The van der Waals surface area contributed by atoms with Crippen molar-refractivity contribution in [2.45, 2.75) is 12.8 Å². The summed E-state index contributed by atoms with van der Waals surface area (Å²) in [6, 6.07) is 5.18. The fraction of sp³-hybridized carbons (Fsp3) is 0.500. The summed E-state index contributed by atoms with van der Waals surface area (Å²) >= 11 is 0. The Balaban J connectivity index is 2.07. The van der Waals surface area contributed by atoms with E-state index in [1.54, 1.807) is 18.2 Å². The Bertz CT molecular complexity index is 628. The highest BCUT2D eigenvalue weighted by Crippen LogP contribution is 2.30. The van der Waals surface area contributed by atoms with Crippen LogP contribution in [0.15, 0.2) is 18.2 Å². The Kier molecular flexibility index (Phi) is 4.84. The molecule has 1 aromatic carbocycles. The lowest BCUT2D eigenvalue weighted by Gasteiger charge is -2.16. The monoisotopic (exact) mass is 311 g/mol. The normalized spacial score (nSPS) is 14.1. The van der Waals surface area contributed by atoms with Crippen LogP contribution in [0, 0.1) is 0 Å². The molecule has 1 heterocycles. The minimum absolute atomic E-state index is 0.119. The zero-order valence-corrected chi connectivity index (χ0v) is 13.2. The lowest BCUT2D eigenvalue weighted by Crippen LogP contribution is -2.28. The van der Waals surface area contributed by atoms with Crippen LogP contribution in [0.5, 0.6) is 0 Å². The van der Waals surface area contributed by atoms with Crippen molar-refractivity contribution in [3.05, 3.63) is 29.3 Å². The van der Waals surface area contributed by atoms with Crippen molar-refractivity contribution in [3.63, 3.8) is 0 Å². The fourth-order valence-electron chi connectivity index (χ4n) is 2.43. The van der Waals surface area contributed by atoms with Crippen LogP contribution >= 0.6 is 0 Å². The van der Waals surface area contributed by atoms with Gasteiger partial charge in [-0.15, -0.1) is 0 Å². The molecular formula is C14H21N3O3S. The third kappa shape index (κ3) is 3.74. The highest BCUT2D eigenvalue weighted by molar-refractivity contribution is 7.92. The fourth-order valence-corrected chi connectivity index (χ4v) is 3.38. The van der Waals surface area contributed by atoms with Crippen LogP contribution in [0.3, 0.4) is 0 Å². The lowest BCUT2D eigenvalue weighted by molar-refractivity contribution is 0.0953. The molecule has 1 aliphatic rings. The van der Waals surface area contributed by atoms with Crippen molar-refractivity contribution < 1.29 is 13.2 Å². The Morgan fingerprint density at radius 3 is 2.76 bits per heavy atom. The van der Waals surface area contributed by atoms with E-state index in [1.165, 1.54) is 10.6 Å². The zero-order chi connectivity index (χ0) is 15.5. The number of carbonyl (C=O) groups is 1. The molecule has 0 bridgehead atoms. The second kappa shape index (κ2) is 6.44. The molecule has 0 radical (unpaired) electrons. The maximum Gasteiger partial charge on any atom is 0.251 e. The number of hydrogen-bond donors (Lipinski definition) is 2. The van der Waals surface area contributed by atoms with Gasteiger partial charge in [-0.05, 0) is 50.2 Å². The number of fused-ring (bicyclic) bond motifs is 1. The SMILES string of the molecule is CNCCCNC(=O)c1ccc2c(c1)CCN2S(C)(=O)=O. The molecule has 0 unspecified atom stereocenters. The summed E-state index contributed by atoms with van der Waals surface area (Å²) in [5, 5.41) is 5.88. The predicted octanol–water partition coefficient (Wildman–Crippen LogP) is 0.348. The van der Waals surface area contributed by atoms with Gasteiger partial charge in [0.15, 0.2) is 0 Å². The van der Waals surface area contributed by atoms with E-state index < -0.39 is 10.0 Å². The minimum Gasteiger partial charge on any atom is -0.352 e. The molecule has 0 atom stereocenters. The molecule has 1 amide bonds. The summed E-state index contributed by atoms with van der Waals surface area (Å²) in [5.41, 5.74) is 2.17. The van der Waals surface area contributed by atoms with Gasteiger partial charge in [0.1, 0.15) is 0 Å². The first-order valence-corrected chi connectivity index (χ1v) is 8.82. The Hall–Kier alpha value is -1.60. The van der Waals surface area contributed by atoms with Crippen molar-refractivity contribution in [2.24, 2.45) is 0 Å². The van der Waals surface area contributed by atoms with Gasteiger partial charge < -0.3 is 10.6 Å². The largest absolute Gasteiger partial charge is 0.352 e. The van der Waals surface area contributed by atoms with Crippen molar-refractivity contribution in [1.29, 1.82) is 0 Å². The van der Waals surface area contributed by atoms with Gasteiger partial charge in [0.05, 0.1) is 11.9 Å². The quantitative estimate of drug-likeness (QED) is 0.743. The molecule has 0 aromatic heterocycles. The van der Waals surface area contributed by atoms with Gasteiger partial charge in [-0.3, -0.25) is 9.10 Å². The Labute approximate surface area is 125 Å². The van der Waals surface area contributed by atoms with E-state index in [0.29, 0.717) is 30.8 Å². The molecule has 0 aliphatic carbocycles.